The van der Waals surface area contributed by atoms with Crippen LogP contribution in [-0.4, -0.2) is 24.5 Å². The molecule has 0 unspecified atom stereocenters. The minimum Gasteiger partial charge on any atom is -0.386 e. The highest BCUT2D eigenvalue weighted by Gasteiger charge is 2.21. The lowest BCUT2D eigenvalue weighted by atomic mass is 9.96. The molecule has 6 heteroatoms. The van der Waals surface area contributed by atoms with Gasteiger partial charge in [0.1, 0.15) is 5.82 Å². The van der Waals surface area contributed by atoms with Crippen LogP contribution in [0, 0.1) is 6.92 Å². The lowest BCUT2D eigenvalue weighted by molar-refractivity contribution is 0.0787. The van der Waals surface area contributed by atoms with Gasteiger partial charge in [0.25, 0.3) is 0 Å². The van der Waals surface area contributed by atoms with E-state index in [2.05, 4.69) is 14.4 Å². The van der Waals surface area contributed by atoms with Crippen molar-refractivity contribution in [3.63, 3.8) is 0 Å². The highest BCUT2D eigenvalue weighted by atomic mass is 35.5. The SMILES string of the molecule is Cc1nc(-c2ccc(C(C)(C)O)c(Cl)c2)c2cnc3[nH]ccc3n12. The number of H-pyrrole nitrogens is 1. The number of hydrogen-bond donors (Lipinski definition) is 2. The Morgan fingerprint density at radius 1 is 1.21 bits per heavy atom. The molecule has 0 bridgehead atoms. The molecule has 4 aromatic rings. The molecule has 24 heavy (non-hydrogen) atoms. The van der Waals surface area contributed by atoms with E-state index in [1.165, 1.54) is 0 Å². The molecular formula is C18H17ClN4O. The molecule has 4 rings (SSSR count). The number of nitrogens with one attached hydrogen (secondary N) is 1. The Labute approximate surface area is 143 Å². The molecule has 0 radical (unpaired) electrons. The van der Waals surface area contributed by atoms with E-state index in [4.69, 9.17) is 16.6 Å². The molecule has 5 nitrogen and oxygen atoms in total. The fourth-order valence-corrected chi connectivity index (χ4v) is 3.52. The smallest absolute Gasteiger partial charge is 0.154 e. The molecule has 1 aromatic carbocycles. The van der Waals surface area contributed by atoms with Gasteiger partial charge in [-0.05, 0) is 32.9 Å². The average Bonchev–Trinajstić information content (AvgIpc) is 3.09. The molecular weight excluding hydrogens is 324 g/mol. The summed E-state index contributed by atoms with van der Waals surface area (Å²) in [6.45, 7) is 5.41. The van der Waals surface area contributed by atoms with Crippen molar-refractivity contribution >= 4 is 28.3 Å². The van der Waals surface area contributed by atoms with Crippen LogP contribution in [0.15, 0.2) is 36.7 Å². The van der Waals surface area contributed by atoms with Gasteiger partial charge in [0, 0.05) is 22.3 Å². The second-order valence-corrected chi connectivity index (χ2v) is 6.86. The minimum absolute atomic E-state index is 0.523. The summed E-state index contributed by atoms with van der Waals surface area (Å²) in [6.07, 6.45) is 3.68. The normalized spacial score (nSPS) is 12.4. The second kappa shape index (κ2) is 5.06. The Hall–Kier alpha value is -2.37. The van der Waals surface area contributed by atoms with Crippen LogP contribution in [0.2, 0.25) is 5.02 Å². The van der Waals surface area contributed by atoms with Gasteiger partial charge in [0.15, 0.2) is 5.65 Å². The third-order valence-corrected chi connectivity index (χ3v) is 4.56. The number of nitrogens with zero attached hydrogens (tertiary/aromatic N) is 3. The summed E-state index contributed by atoms with van der Waals surface area (Å²) < 4.78 is 2.08. The first-order valence-electron chi connectivity index (χ1n) is 7.70. The van der Waals surface area contributed by atoms with Gasteiger partial charge in [-0.3, -0.25) is 4.40 Å². The first kappa shape index (κ1) is 15.2. The molecule has 0 spiro atoms. The second-order valence-electron chi connectivity index (χ2n) is 6.45. The van der Waals surface area contributed by atoms with E-state index in [1.807, 2.05) is 43.6 Å². The van der Waals surface area contributed by atoms with Crippen LogP contribution in [0.1, 0.15) is 25.2 Å². The first-order valence-corrected chi connectivity index (χ1v) is 8.08. The van der Waals surface area contributed by atoms with Crippen molar-refractivity contribution < 1.29 is 5.11 Å². The molecule has 0 saturated carbocycles. The van der Waals surface area contributed by atoms with E-state index in [-0.39, 0.29) is 0 Å². The third kappa shape index (κ3) is 2.20. The number of rotatable bonds is 2. The zero-order valence-corrected chi connectivity index (χ0v) is 14.4. The van der Waals surface area contributed by atoms with Crippen molar-refractivity contribution in [1.29, 1.82) is 0 Å². The van der Waals surface area contributed by atoms with Gasteiger partial charge >= 0.3 is 0 Å². The van der Waals surface area contributed by atoms with Gasteiger partial charge in [-0.1, -0.05) is 23.7 Å². The Morgan fingerprint density at radius 2 is 2.00 bits per heavy atom. The summed E-state index contributed by atoms with van der Waals surface area (Å²) in [6, 6.07) is 7.61. The van der Waals surface area contributed by atoms with Gasteiger partial charge in [-0.2, -0.15) is 0 Å². The number of aromatic nitrogens is 4. The lowest BCUT2D eigenvalue weighted by Crippen LogP contribution is -2.15. The number of hydrogen-bond acceptors (Lipinski definition) is 3. The predicted molar refractivity (Wildman–Crippen MR) is 95.3 cm³/mol. The van der Waals surface area contributed by atoms with Crippen molar-refractivity contribution in [2.24, 2.45) is 0 Å². The van der Waals surface area contributed by atoms with E-state index < -0.39 is 5.60 Å². The van der Waals surface area contributed by atoms with Crippen molar-refractivity contribution in [3.05, 3.63) is 53.1 Å². The number of benzene rings is 1. The maximum atomic E-state index is 10.2. The van der Waals surface area contributed by atoms with Crippen LogP contribution in [-0.2, 0) is 5.60 Å². The Kier molecular flexibility index (Phi) is 3.20. The molecule has 0 aliphatic heterocycles. The lowest BCUT2D eigenvalue weighted by Gasteiger charge is -2.19. The topological polar surface area (TPSA) is 66.2 Å². The molecule has 0 saturated heterocycles. The molecule has 3 heterocycles. The van der Waals surface area contributed by atoms with Gasteiger partial charge in [0.2, 0.25) is 0 Å². The number of aryl methyl sites for hydroxylation is 1. The third-order valence-electron chi connectivity index (χ3n) is 4.24. The van der Waals surface area contributed by atoms with Crippen LogP contribution in [0.4, 0.5) is 0 Å². The van der Waals surface area contributed by atoms with Crippen molar-refractivity contribution in [1.82, 2.24) is 19.4 Å². The highest BCUT2D eigenvalue weighted by molar-refractivity contribution is 6.31. The number of halogens is 1. The molecule has 0 fully saturated rings. The zero-order valence-electron chi connectivity index (χ0n) is 13.6. The fourth-order valence-electron chi connectivity index (χ4n) is 3.11. The summed E-state index contributed by atoms with van der Waals surface area (Å²) in [7, 11) is 0. The standard InChI is InChI=1S/C18H17ClN4O/c1-10-22-16(11-4-5-12(13(19)8-11)18(2,3)24)15-9-21-17-14(23(10)15)6-7-20-17/h4-9,20,24H,1-3H3. The average molecular weight is 341 g/mol. The van der Waals surface area contributed by atoms with Gasteiger partial charge in [0.05, 0.1) is 28.5 Å². The van der Waals surface area contributed by atoms with Crippen LogP contribution >= 0.6 is 11.6 Å². The quantitative estimate of drug-likeness (QED) is 0.578. The van der Waals surface area contributed by atoms with E-state index in [1.54, 1.807) is 13.8 Å². The monoisotopic (exact) mass is 340 g/mol. The van der Waals surface area contributed by atoms with Crippen molar-refractivity contribution in [2.75, 3.05) is 0 Å². The molecule has 0 aliphatic carbocycles. The predicted octanol–water partition coefficient (Wildman–Crippen LogP) is 4.07. The van der Waals surface area contributed by atoms with Gasteiger partial charge in [-0.25, -0.2) is 9.97 Å². The van der Waals surface area contributed by atoms with Crippen molar-refractivity contribution in [2.45, 2.75) is 26.4 Å². The summed E-state index contributed by atoms with van der Waals surface area (Å²) in [4.78, 5) is 12.3. The summed E-state index contributed by atoms with van der Waals surface area (Å²) in [5.41, 5.74) is 4.17. The number of aliphatic hydroxyl groups is 1. The van der Waals surface area contributed by atoms with Crippen LogP contribution in [0.5, 0.6) is 0 Å². The maximum absolute atomic E-state index is 10.2. The molecule has 0 atom stereocenters. The molecule has 0 aliphatic rings. The largest absolute Gasteiger partial charge is 0.386 e. The van der Waals surface area contributed by atoms with E-state index in [9.17, 15) is 5.11 Å². The summed E-state index contributed by atoms with van der Waals surface area (Å²) in [5, 5.41) is 10.7. The minimum atomic E-state index is -0.985. The van der Waals surface area contributed by atoms with E-state index in [0.717, 1.165) is 33.8 Å². The highest BCUT2D eigenvalue weighted by Crippen LogP contribution is 2.33. The number of imidazole rings is 1. The van der Waals surface area contributed by atoms with Gasteiger partial charge in [-0.15, -0.1) is 0 Å². The van der Waals surface area contributed by atoms with Crippen molar-refractivity contribution in [3.8, 4) is 11.3 Å². The molecule has 3 aromatic heterocycles. The first-order chi connectivity index (χ1) is 11.4. The Bertz CT molecular complexity index is 1070. The van der Waals surface area contributed by atoms with E-state index in [0.29, 0.717) is 10.6 Å². The summed E-state index contributed by atoms with van der Waals surface area (Å²) in [5.74, 6) is 0.884. The van der Waals surface area contributed by atoms with Gasteiger partial charge < -0.3 is 10.1 Å². The molecule has 122 valence electrons. The molecule has 0 amide bonds. The van der Waals surface area contributed by atoms with Crippen LogP contribution < -0.4 is 0 Å². The zero-order chi connectivity index (χ0) is 17.1. The number of aromatic amines is 1. The number of fused-ring (bicyclic) bond motifs is 3. The fraction of sp³-hybridized carbons (Fsp3) is 0.222. The Balaban J connectivity index is 1.96. The van der Waals surface area contributed by atoms with Crippen LogP contribution in [0.3, 0.4) is 0 Å². The molecule has 2 N–H and O–H groups in total. The van der Waals surface area contributed by atoms with E-state index >= 15 is 0 Å². The Morgan fingerprint density at radius 3 is 2.71 bits per heavy atom. The van der Waals surface area contributed by atoms with Crippen LogP contribution in [0.25, 0.3) is 27.9 Å². The maximum Gasteiger partial charge on any atom is 0.154 e. The summed E-state index contributed by atoms with van der Waals surface area (Å²) >= 11 is 6.38.